The molecule has 2 N–H and O–H groups in total. The predicted octanol–water partition coefficient (Wildman–Crippen LogP) is 4.33. The van der Waals surface area contributed by atoms with Crippen LogP contribution < -0.4 is 5.32 Å². The zero-order valence-corrected chi connectivity index (χ0v) is 15.6. The van der Waals surface area contributed by atoms with Crippen LogP contribution >= 0.6 is 0 Å². The van der Waals surface area contributed by atoms with Gasteiger partial charge in [0, 0.05) is 30.8 Å². The van der Waals surface area contributed by atoms with E-state index in [2.05, 4.69) is 27.5 Å². The molecular weight excluding hydrogens is 324 g/mol. The number of nitrogens with one attached hydrogen (secondary N) is 2. The smallest absolute Gasteiger partial charge is 0.225 e. The number of nitrogens with zero attached hydrogens (tertiary/aromatic N) is 2. The molecule has 5 nitrogen and oxygen atoms in total. The van der Waals surface area contributed by atoms with Crippen LogP contribution in [0, 0.1) is 0 Å². The highest BCUT2D eigenvalue weighted by molar-refractivity contribution is 5.94. The van der Waals surface area contributed by atoms with E-state index in [-0.39, 0.29) is 5.91 Å². The molecule has 0 spiro atoms. The van der Waals surface area contributed by atoms with Gasteiger partial charge in [-0.3, -0.25) is 9.69 Å². The van der Waals surface area contributed by atoms with Gasteiger partial charge in [-0.25, -0.2) is 4.98 Å². The number of carbonyl (C=O) groups is 1. The number of anilines is 1. The molecule has 2 aliphatic rings. The number of pyridine rings is 1. The minimum atomic E-state index is 0.0296. The van der Waals surface area contributed by atoms with Crippen molar-refractivity contribution >= 4 is 28.3 Å². The first-order valence-electron chi connectivity index (χ1n) is 9.96. The van der Waals surface area contributed by atoms with Crippen LogP contribution in [0.2, 0.25) is 0 Å². The molecule has 1 amide bonds. The van der Waals surface area contributed by atoms with Crippen LogP contribution in [0.15, 0.2) is 24.4 Å². The number of allylic oxidation sites excluding steroid dienone is 1. The standard InChI is InChI=1S/C21H28N4O/c1-2-5-20(26)23-19-10-9-18-21(24-19)17(14-22-18)15-7-8-16-6-3-4-12-25(16)13-11-15/h9-11,14,16,22H,2-8,12-13H2,1H3,(H,23,24,26). The molecule has 0 aliphatic carbocycles. The lowest BCUT2D eigenvalue weighted by Crippen LogP contribution is -2.38. The lowest BCUT2D eigenvalue weighted by molar-refractivity contribution is -0.116. The second kappa shape index (κ2) is 7.62. The Labute approximate surface area is 154 Å². The van der Waals surface area contributed by atoms with Crippen LogP contribution in [0.1, 0.15) is 57.4 Å². The van der Waals surface area contributed by atoms with Gasteiger partial charge in [0.15, 0.2) is 0 Å². The second-order valence-corrected chi connectivity index (χ2v) is 7.51. The third-order valence-electron chi connectivity index (χ3n) is 5.68. The Bertz CT molecular complexity index is 823. The van der Waals surface area contributed by atoms with Crippen LogP contribution in [0.5, 0.6) is 0 Å². The normalized spacial score (nSPS) is 21.1. The molecule has 1 saturated heterocycles. The van der Waals surface area contributed by atoms with Crippen molar-refractivity contribution in [1.82, 2.24) is 14.9 Å². The topological polar surface area (TPSA) is 61.0 Å². The molecule has 0 bridgehead atoms. The van der Waals surface area contributed by atoms with E-state index in [1.165, 1.54) is 43.4 Å². The summed E-state index contributed by atoms with van der Waals surface area (Å²) in [5.74, 6) is 0.672. The number of rotatable bonds is 4. The lowest BCUT2D eigenvalue weighted by atomic mass is 9.96. The molecule has 2 aromatic heterocycles. The van der Waals surface area contributed by atoms with Gasteiger partial charge in [-0.15, -0.1) is 0 Å². The molecule has 4 rings (SSSR count). The van der Waals surface area contributed by atoms with E-state index in [1.807, 2.05) is 19.1 Å². The molecule has 0 saturated carbocycles. The first-order valence-corrected chi connectivity index (χ1v) is 9.96. The summed E-state index contributed by atoms with van der Waals surface area (Å²) in [6.45, 7) is 4.28. The Morgan fingerprint density at radius 2 is 2.27 bits per heavy atom. The van der Waals surface area contributed by atoms with E-state index in [0.717, 1.165) is 36.5 Å². The van der Waals surface area contributed by atoms with Crippen LogP contribution in [-0.4, -0.2) is 39.9 Å². The van der Waals surface area contributed by atoms with Gasteiger partial charge in [0.25, 0.3) is 0 Å². The fourth-order valence-corrected chi connectivity index (χ4v) is 4.27. The largest absolute Gasteiger partial charge is 0.359 e. The van der Waals surface area contributed by atoms with Crippen LogP contribution in [0.25, 0.3) is 16.6 Å². The third kappa shape index (κ3) is 3.54. The predicted molar refractivity (Wildman–Crippen MR) is 106 cm³/mol. The summed E-state index contributed by atoms with van der Waals surface area (Å²) in [5.41, 5.74) is 4.56. The summed E-state index contributed by atoms with van der Waals surface area (Å²) >= 11 is 0. The second-order valence-electron chi connectivity index (χ2n) is 7.51. The Balaban J connectivity index is 1.59. The Hall–Kier alpha value is -2.14. The molecule has 5 heteroatoms. The van der Waals surface area contributed by atoms with Crippen molar-refractivity contribution in [2.24, 2.45) is 0 Å². The van der Waals surface area contributed by atoms with E-state index < -0.39 is 0 Å². The number of piperidine rings is 1. The maximum atomic E-state index is 11.9. The fraction of sp³-hybridized carbons (Fsp3) is 0.524. The summed E-state index contributed by atoms with van der Waals surface area (Å²) in [6, 6.07) is 4.62. The van der Waals surface area contributed by atoms with Gasteiger partial charge in [0.2, 0.25) is 5.91 Å². The average molecular weight is 352 g/mol. The van der Waals surface area contributed by atoms with Crippen molar-refractivity contribution < 1.29 is 4.79 Å². The van der Waals surface area contributed by atoms with Crippen molar-refractivity contribution in [2.45, 2.75) is 57.9 Å². The van der Waals surface area contributed by atoms with Crippen molar-refractivity contribution in [3.8, 4) is 0 Å². The van der Waals surface area contributed by atoms with E-state index >= 15 is 0 Å². The molecular formula is C21H28N4O. The first-order chi connectivity index (χ1) is 12.7. The van der Waals surface area contributed by atoms with Gasteiger partial charge >= 0.3 is 0 Å². The average Bonchev–Trinajstić information content (AvgIpc) is 2.94. The number of aromatic nitrogens is 2. The highest BCUT2D eigenvalue weighted by Gasteiger charge is 2.25. The Morgan fingerprint density at radius 1 is 1.35 bits per heavy atom. The van der Waals surface area contributed by atoms with Crippen molar-refractivity contribution in [2.75, 3.05) is 18.4 Å². The minimum Gasteiger partial charge on any atom is -0.359 e. The zero-order chi connectivity index (χ0) is 17.9. The van der Waals surface area contributed by atoms with E-state index in [0.29, 0.717) is 12.2 Å². The van der Waals surface area contributed by atoms with Crippen LogP contribution in [0.3, 0.4) is 0 Å². The van der Waals surface area contributed by atoms with E-state index in [4.69, 9.17) is 4.98 Å². The third-order valence-corrected chi connectivity index (χ3v) is 5.68. The number of hydrogen-bond acceptors (Lipinski definition) is 3. The zero-order valence-electron chi connectivity index (χ0n) is 15.6. The number of H-pyrrole nitrogens is 1. The molecule has 1 unspecified atom stereocenters. The molecule has 1 atom stereocenters. The Kier molecular flexibility index (Phi) is 5.07. The summed E-state index contributed by atoms with van der Waals surface area (Å²) in [6.07, 6.45) is 12.2. The Morgan fingerprint density at radius 3 is 3.15 bits per heavy atom. The number of hydrogen-bond donors (Lipinski definition) is 2. The quantitative estimate of drug-likeness (QED) is 0.861. The summed E-state index contributed by atoms with van der Waals surface area (Å²) in [5, 5.41) is 2.92. The molecule has 0 aromatic carbocycles. The van der Waals surface area contributed by atoms with Crippen molar-refractivity contribution in [3.05, 3.63) is 30.0 Å². The highest BCUT2D eigenvalue weighted by Crippen LogP contribution is 2.33. The van der Waals surface area contributed by atoms with Crippen LogP contribution in [-0.2, 0) is 4.79 Å². The van der Waals surface area contributed by atoms with Gasteiger partial charge in [0.1, 0.15) is 5.82 Å². The molecule has 1 fully saturated rings. The van der Waals surface area contributed by atoms with E-state index in [1.54, 1.807) is 0 Å². The van der Waals surface area contributed by atoms with Gasteiger partial charge in [-0.1, -0.05) is 19.4 Å². The highest BCUT2D eigenvalue weighted by atomic mass is 16.1. The summed E-state index contributed by atoms with van der Waals surface area (Å²) < 4.78 is 0. The van der Waals surface area contributed by atoms with Crippen molar-refractivity contribution in [3.63, 3.8) is 0 Å². The monoisotopic (exact) mass is 352 g/mol. The maximum absolute atomic E-state index is 11.9. The molecule has 2 aliphatic heterocycles. The molecule has 2 aromatic rings. The molecule has 138 valence electrons. The fourth-order valence-electron chi connectivity index (χ4n) is 4.27. The first kappa shape index (κ1) is 17.3. The van der Waals surface area contributed by atoms with Crippen molar-refractivity contribution in [1.29, 1.82) is 0 Å². The molecule has 26 heavy (non-hydrogen) atoms. The van der Waals surface area contributed by atoms with Crippen LogP contribution in [0.4, 0.5) is 5.82 Å². The summed E-state index contributed by atoms with van der Waals surface area (Å²) in [7, 11) is 0. The number of fused-ring (bicyclic) bond motifs is 2. The lowest BCUT2D eigenvalue weighted by Gasteiger charge is -2.33. The SMILES string of the molecule is CCCC(=O)Nc1ccc2[nH]cc(C3=CCN4CCCCC4CC3)c2n1. The maximum Gasteiger partial charge on any atom is 0.225 e. The molecule has 0 radical (unpaired) electrons. The van der Waals surface area contributed by atoms with Gasteiger partial charge in [0.05, 0.1) is 11.0 Å². The number of aromatic amines is 1. The van der Waals surface area contributed by atoms with Gasteiger partial charge in [-0.2, -0.15) is 0 Å². The van der Waals surface area contributed by atoms with E-state index in [9.17, 15) is 4.79 Å². The molecule has 4 heterocycles. The minimum absolute atomic E-state index is 0.0296. The van der Waals surface area contributed by atoms with Gasteiger partial charge in [-0.05, 0) is 56.4 Å². The number of carbonyl (C=O) groups excluding carboxylic acids is 1. The summed E-state index contributed by atoms with van der Waals surface area (Å²) in [4.78, 5) is 22.6. The number of amides is 1. The van der Waals surface area contributed by atoms with Gasteiger partial charge < -0.3 is 10.3 Å².